The van der Waals surface area contributed by atoms with Crippen LogP contribution in [-0.2, 0) is 19.2 Å². The average molecular weight is 568 g/mol. The molecule has 0 amide bonds. The van der Waals surface area contributed by atoms with Crippen molar-refractivity contribution < 1.29 is 65.5 Å². The third-order valence-electron chi connectivity index (χ3n) is 1.61. The van der Waals surface area contributed by atoms with Gasteiger partial charge in [-0.1, -0.05) is 0 Å². The summed E-state index contributed by atoms with van der Waals surface area (Å²) >= 11 is 0. The molecule has 0 aliphatic carbocycles. The van der Waals surface area contributed by atoms with Crippen molar-refractivity contribution in [2.24, 2.45) is 0 Å². The van der Waals surface area contributed by atoms with Crippen LogP contribution in [0.1, 0.15) is 0 Å². The molecule has 23 heavy (non-hydrogen) atoms. The van der Waals surface area contributed by atoms with E-state index >= 15 is 0 Å². The fourth-order valence-corrected chi connectivity index (χ4v) is 0.540. The molecule has 0 fully saturated rings. The minimum absolute atomic E-state index is 0. The number of aliphatic hydroxyl groups is 4. The summed E-state index contributed by atoms with van der Waals surface area (Å²) in [5, 5.41) is 65.1. The number of rotatable bonds is 6. The van der Waals surface area contributed by atoms with Crippen molar-refractivity contribution in [3.63, 3.8) is 0 Å². The predicted octanol–water partition coefficient (Wildman–Crippen LogP) is -7.44. The molecule has 0 saturated heterocycles. The van der Waals surface area contributed by atoms with Gasteiger partial charge in [0.25, 0.3) is 0 Å². The monoisotopic (exact) mass is 566 g/mol. The van der Waals surface area contributed by atoms with Gasteiger partial charge in [0, 0.05) is 0 Å². The molecule has 10 N–H and O–H groups in total. The Labute approximate surface area is 162 Å². The molecule has 4 unspecified atom stereocenters. The van der Waals surface area contributed by atoms with Gasteiger partial charge in [0.1, 0.15) is 0 Å². The number of carbonyl (C=O) groups is 4. The molecule has 0 radical (unpaired) electrons. The summed E-state index contributed by atoms with van der Waals surface area (Å²) in [4.78, 5) is 39.1. The van der Waals surface area contributed by atoms with Gasteiger partial charge in [-0.05, 0) is 0 Å². The second-order valence-electron chi connectivity index (χ2n) is 3.13. The Bertz CT molecular complexity index is 314. The summed E-state index contributed by atoms with van der Waals surface area (Å²) in [5.41, 5.74) is 0. The van der Waals surface area contributed by atoms with Crippen LogP contribution >= 0.6 is 0 Å². The molecule has 0 aromatic heterocycles. The van der Waals surface area contributed by atoms with E-state index in [1.807, 2.05) is 0 Å². The van der Waals surface area contributed by atoms with E-state index in [9.17, 15) is 19.2 Å². The van der Waals surface area contributed by atoms with E-state index in [0.29, 0.717) is 0 Å². The van der Waals surface area contributed by atoms with E-state index in [-0.39, 0.29) is 54.3 Å². The third-order valence-corrected chi connectivity index (χ3v) is 1.61. The SMILES string of the molecule is O.O=C(O)C(O)C(O)C(=O)O.O=C(O)C(O)C(O)C(=O)O.[SbH3].[SbH3]. The van der Waals surface area contributed by atoms with Crippen LogP contribution in [0.4, 0.5) is 0 Å². The Morgan fingerprint density at radius 1 is 0.478 bits per heavy atom. The van der Waals surface area contributed by atoms with Gasteiger partial charge in [0.15, 0.2) is 24.4 Å². The molecule has 0 heterocycles. The van der Waals surface area contributed by atoms with Gasteiger partial charge < -0.3 is 46.3 Å². The molecule has 0 saturated carbocycles. The molecular weight excluding hydrogens is 548 g/mol. The van der Waals surface area contributed by atoms with Crippen molar-refractivity contribution in [2.45, 2.75) is 24.4 Å². The van der Waals surface area contributed by atoms with Gasteiger partial charge in [-0.25, -0.2) is 19.2 Å². The zero-order valence-electron chi connectivity index (χ0n) is 11.4. The van der Waals surface area contributed by atoms with Crippen molar-refractivity contribution in [3.8, 4) is 0 Å². The Hall–Kier alpha value is -0.684. The van der Waals surface area contributed by atoms with E-state index in [1.54, 1.807) is 0 Å². The number of aliphatic hydroxyl groups excluding tert-OH is 4. The molecule has 0 aliphatic heterocycles. The van der Waals surface area contributed by atoms with E-state index < -0.39 is 48.3 Å². The molecule has 140 valence electrons. The predicted molar refractivity (Wildman–Crippen MR) is 78.1 cm³/mol. The molecule has 0 bridgehead atoms. The topological polar surface area (TPSA) is 262 Å². The van der Waals surface area contributed by atoms with Crippen LogP contribution in [0, 0.1) is 0 Å². The Kier molecular flexibility index (Phi) is 23.8. The zero-order chi connectivity index (χ0) is 16.6. The maximum absolute atomic E-state index is 9.77. The molecule has 0 aliphatic rings. The summed E-state index contributed by atoms with van der Waals surface area (Å²) < 4.78 is 0. The van der Waals surface area contributed by atoms with Crippen molar-refractivity contribution in [1.29, 1.82) is 0 Å². The second-order valence-corrected chi connectivity index (χ2v) is 3.13. The number of hydrogen-bond acceptors (Lipinski definition) is 8. The van der Waals surface area contributed by atoms with Gasteiger partial charge in [-0.2, -0.15) is 0 Å². The Balaban J connectivity index is -0.0000000831. The van der Waals surface area contributed by atoms with E-state index in [1.165, 1.54) is 0 Å². The standard InChI is InChI=1S/2C4H6O6.H2O.2Sb.6H/c2*5-1(3(7)8)2(6)4(9)10;;;;;;;;;/h2*1-2,5-6H,(H,7,8)(H,9,10);1H2;;;;;;;;. The minimum atomic E-state index is -2.27. The molecule has 0 aromatic rings. The van der Waals surface area contributed by atoms with Crippen LogP contribution < -0.4 is 0 Å². The van der Waals surface area contributed by atoms with E-state index in [2.05, 4.69) is 0 Å². The second kappa shape index (κ2) is 16.2. The van der Waals surface area contributed by atoms with Gasteiger partial charge in [0.2, 0.25) is 0 Å². The first-order chi connectivity index (χ1) is 8.93. The van der Waals surface area contributed by atoms with Gasteiger partial charge >= 0.3 is 72.7 Å². The van der Waals surface area contributed by atoms with Crippen molar-refractivity contribution in [3.05, 3.63) is 0 Å². The third kappa shape index (κ3) is 14.6. The number of hydrogen-bond donors (Lipinski definition) is 8. The van der Waals surface area contributed by atoms with Gasteiger partial charge in [0.05, 0.1) is 0 Å². The normalized spacial score (nSPS) is 13.7. The molecular formula is C8H20O13Sb2. The summed E-state index contributed by atoms with van der Waals surface area (Å²) in [7, 11) is 0. The first-order valence-corrected chi connectivity index (χ1v) is 4.57. The van der Waals surface area contributed by atoms with E-state index in [0.717, 1.165) is 0 Å². The molecule has 0 aromatic carbocycles. The molecule has 0 spiro atoms. The molecule has 0 rings (SSSR count). The average Bonchev–Trinajstić information content (AvgIpc) is 2.35. The zero-order valence-corrected chi connectivity index (χ0v) is 19.5. The fraction of sp³-hybridized carbons (Fsp3) is 0.500. The van der Waals surface area contributed by atoms with Crippen LogP contribution in [0.2, 0.25) is 0 Å². The Morgan fingerprint density at radius 2 is 0.565 bits per heavy atom. The number of carboxylic acid groups (broad SMARTS) is 4. The summed E-state index contributed by atoms with van der Waals surface area (Å²) in [5.74, 6) is -7.07. The molecule has 13 nitrogen and oxygen atoms in total. The summed E-state index contributed by atoms with van der Waals surface area (Å²) in [6.45, 7) is 0. The van der Waals surface area contributed by atoms with Crippen molar-refractivity contribution >= 4 is 72.7 Å². The fourth-order valence-electron chi connectivity index (χ4n) is 0.540. The van der Waals surface area contributed by atoms with Crippen LogP contribution in [0.25, 0.3) is 0 Å². The van der Waals surface area contributed by atoms with Crippen LogP contribution in [0.3, 0.4) is 0 Å². The van der Waals surface area contributed by atoms with Crippen molar-refractivity contribution in [1.82, 2.24) is 0 Å². The summed E-state index contributed by atoms with van der Waals surface area (Å²) in [6, 6.07) is 0. The number of aliphatic carboxylic acids is 4. The maximum atomic E-state index is 9.77. The first-order valence-electron chi connectivity index (χ1n) is 4.57. The molecule has 4 atom stereocenters. The van der Waals surface area contributed by atoms with Crippen LogP contribution in [0.15, 0.2) is 0 Å². The number of carboxylic acids is 4. The van der Waals surface area contributed by atoms with Gasteiger partial charge in [-0.3, -0.25) is 0 Å². The van der Waals surface area contributed by atoms with Crippen LogP contribution in [0.5, 0.6) is 0 Å². The molecule has 15 heteroatoms. The van der Waals surface area contributed by atoms with Crippen LogP contribution in [-0.4, -0.2) is 143 Å². The summed E-state index contributed by atoms with van der Waals surface area (Å²) in [6.07, 6.45) is -9.06. The van der Waals surface area contributed by atoms with Gasteiger partial charge in [-0.15, -0.1) is 0 Å². The Morgan fingerprint density at radius 3 is 0.609 bits per heavy atom. The quantitative estimate of drug-likeness (QED) is 0.139. The van der Waals surface area contributed by atoms with E-state index in [4.69, 9.17) is 40.9 Å². The van der Waals surface area contributed by atoms with Crippen molar-refractivity contribution in [2.75, 3.05) is 0 Å². The first kappa shape index (κ1) is 33.8.